The van der Waals surface area contributed by atoms with Gasteiger partial charge >= 0.3 is 5.97 Å². The molecular formula is C10H18F2N2O2. The lowest BCUT2D eigenvalue weighted by atomic mass is 9.98. The molecule has 0 radical (unpaired) electrons. The Morgan fingerprint density at radius 1 is 1.56 bits per heavy atom. The van der Waals surface area contributed by atoms with Gasteiger partial charge in [0.05, 0.1) is 17.9 Å². The van der Waals surface area contributed by atoms with Gasteiger partial charge in [-0.1, -0.05) is 0 Å². The number of carbonyl (C=O) groups is 1. The van der Waals surface area contributed by atoms with Crippen LogP contribution in [0.3, 0.4) is 0 Å². The summed E-state index contributed by atoms with van der Waals surface area (Å²) in [5.41, 5.74) is 4.54. The Bertz CT molecular complexity index is 276. The van der Waals surface area contributed by atoms with Crippen LogP contribution in [0, 0.1) is 11.3 Å². The summed E-state index contributed by atoms with van der Waals surface area (Å²) in [4.78, 5) is 16.4. The van der Waals surface area contributed by atoms with Crippen LogP contribution in [0.15, 0.2) is 0 Å². The molecular weight excluding hydrogens is 218 g/mol. The van der Waals surface area contributed by atoms with Gasteiger partial charge in [-0.3, -0.25) is 0 Å². The number of halogens is 2. The summed E-state index contributed by atoms with van der Waals surface area (Å²) in [6, 6.07) is 0. The summed E-state index contributed by atoms with van der Waals surface area (Å²) in [6.07, 6.45) is 0. The molecule has 1 heterocycles. The van der Waals surface area contributed by atoms with E-state index in [4.69, 9.17) is 10.6 Å². The minimum Gasteiger partial charge on any atom is -0.367 e. The second kappa shape index (κ2) is 4.25. The molecule has 1 rings (SSSR count). The van der Waals surface area contributed by atoms with E-state index in [-0.39, 0.29) is 13.1 Å². The fraction of sp³-hybridized carbons (Fsp3) is 0.900. The summed E-state index contributed by atoms with van der Waals surface area (Å²) in [5, 5.41) is 1.01. The number of nitrogens with zero attached hydrogens (tertiary/aromatic N) is 1. The summed E-state index contributed by atoms with van der Waals surface area (Å²) in [5.74, 6) is -4.34. The summed E-state index contributed by atoms with van der Waals surface area (Å²) >= 11 is 0. The zero-order valence-electron chi connectivity index (χ0n) is 9.80. The van der Waals surface area contributed by atoms with Crippen molar-refractivity contribution >= 4 is 5.97 Å². The molecule has 1 atom stereocenters. The predicted molar refractivity (Wildman–Crippen MR) is 54.6 cm³/mol. The molecule has 1 aliphatic rings. The number of hydrogen-bond donors (Lipinski definition) is 1. The van der Waals surface area contributed by atoms with E-state index in [0.29, 0.717) is 0 Å². The highest BCUT2D eigenvalue weighted by atomic mass is 19.3. The van der Waals surface area contributed by atoms with Crippen molar-refractivity contribution in [1.29, 1.82) is 0 Å². The van der Waals surface area contributed by atoms with E-state index in [0.717, 1.165) is 5.06 Å². The topological polar surface area (TPSA) is 55.6 Å². The molecule has 0 amide bonds. The molecule has 0 bridgehead atoms. The molecule has 0 aromatic heterocycles. The lowest BCUT2D eigenvalue weighted by molar-refractivity contribution is -0.199. The number of nitrogens with two attached hydrogens (primary N) is 1. The van der Waals surface area contributed by atoms with Crippen LogP contribution >= 0.6 is 0 Å². The molecule has 6 heteroatoms. The Morgan fingerprint density at radius 2 is 2.12 bits per heavy atom. The van der Waals surface area contributed by atoms with E-state index in [1.165, 1.54) is 0 Å². The van der Waals surface area contributed by atoms with Crippen LogP contribution in [0.1, 0.15) is 20.8 Å². The van der Waals surface area contributed by atoms with Gasteiger partial charge in [0.2, 0.25) is 0 Å². The van der Waals surface area contributed by atoms with Crippen LogP contribution in [0.5, 0.6) is 0 Å². The molecule has 0 aromatic carbocycles. The molecule has 0 spiro atoms. The van der Waals surface area contributed by atoms with Gasteiger partial charge in [0.1, 0.15) is 0 Å². The number of alkyl halides is 2. The van der Waals surface area contributed by atoms with Crippen molar-refractivity contribution in [2.24, 2.45) is 17.1 Å². The Labute approximate surface area is 93.7 Å². The summed E-state index contributed by atoms with van der Waals surface area (Å²) < 4.78 is 26.6. The van der Waals surface area contributed by atoms with Crippen molar-refractivity contribution in [3.63, 3.8) is 0 Å². The van der Waals surface area contributed by atoms with Crippen molar-refractivity contribution in [2.45, 2.75) is 26.7 Å². The SMILES string of the molecule is CC(C)(C)C(=O)ON1CC(CN)C(F)(F)C1. The van der Waals surface area contributed by atoms with Gasteiger partial charge in [-0.05, 0) is 20.8 Å². The molecule has 1 fully saturated rings. The van der Waals surface area contributed by atoms with Crippen molar-refractivity contribution in [3.05, 3.63) is 0 Å². The van der Waals surface area contributed by atoms with E-state index >= 15 is 0 Å². The highest BCUT2D eigenvalue weighted by Gasteiger charge is 2.49. The standard InChI is InChI=1S/C10H18F2N2O2/c1-9(2,3)8(15)16-14-5-7(4-13)10(11,12)6-14/h7H,4-6,13H2,1-3H3. The van der Waals surface area contributed by atoms with Gasteiger partial charge in [0.15, 0.2) is 0 Å². The third kappa shape index (κ3) is 2.89. The van der Waals surface area contributed by atoms with E-state index in [1.54, 1.807) is 20.8 Å². The first kappa shape index (κ1) is 13.3. The Balaban J connectivity index is 2.57. The van der Waals surface area contributed by atoms with Crippen LogP contribution in [-0.4, -0.2) is 36.6 Å². The Kier molecular flexibility index (Phi) is 3.54. The quantitative estimate of drug-likeness (QED) is 0.777. The van der Waals surface area contributed by atoms with E-state index in [2.05, 4.69) is 0 Å². The first-order valence-electron chi connectivity index (χ1n) is 5.22. The molecule has 0 aliphatic carbocycles. The fourth-order valence-corrected chi connectivity index (χ4v) is 1.38. The normalized spacial score (nSPS) is 25.8. The maximum atomic E-state index is 13.3. The maximum absolute atomic E-state index is 13.3. The molecule has 0 aromatic rings. The van der Waals surface area contributed by atoms with Crippen molar-refractivity contribution in [1.82, 2.24) is 5.06 Å². The van der Waals surface area contributed by atoms with E-state index < -0.39 is 29.8 Å². The molecule has 1 aliphatic heterocycles. The highest BCUT2D eigenvalue weighted by Crippen LogP contribution is 2.33. The van der Waals surface area contributed by atoms with E-state index in [9.17, 15) is 13.6 Å². The largest absolute Gasteiger partial charge is 0.367 e. The molecule has 94 valence electrons. The second-order valence-electron chi connectivity index (χ2n) is 5.14. The van der Waals surface area contributed by atoms with Gasteiger partial charge in [-0.15, -0.1) is 5.06 Å². The second-order valence-corrected chi connectivity index (χ2v) is 5.14. The zero-order valence-corrected chi connectivity index (χ0v) is 9.80. The maximum Gasteiger partial charge on any atom is 0.330 e. The molecule has 16 heavy (non-hydrogen) atoms. The van der Waals surface area contributed by atoms with Gasteiger partial charge < -0.3 is 10.6 Å². The lowest BCUT2D eigenvalue weighted by Gasteiger charge is -2.21. The number of hydroxylamine groups is 2. The minimum absolute atomic E-state index is 0.00861. The van der Waals surface area contributed by atoms with Gasteiger partial charge in [-0.2, -0.15) is 0 Å². The predicted octanol–water partition coefficient (Wildman–Crippen LogP) is 1.02. The molecule has 4 nitrogen and oxygen atoms in total. The Morgan fingerprint density at radius 3 is 2.50 bits per heavy atom. The number of rotatable bonds is 2. The van der Waals surface area contributed by atoms with Gasteiger partial charge in [0.25, 0.3) is 5.92 Å². The Hall–Kier alpha value is -0.750. The van der Waals surface area contributed by atoms with Crippen molar-refractivity contribution < 1.29 is 18.4 Å². The molecule has 2 N–H and O–H groups in total. The fourth-order valence-electron chi connectivity index (χ4n) is 1.38. The van der Waals surface area contributed by atoms with Crippen LogP contribution in [0.4, 0.5) is 8.78 Å². The van der Waals surface area contributed by atoms with Crippen LogP contribution in [0.25, 0.3) is 0 Å². The highest BCUT2D eigenvalue weighted by molar-refractivity contribution is 5.75. The third-order valence-electron chi connectivity index (χ3n) is 2.52. The third-order valence-corrected chi connectivity index (χ3v) is 2.52. The number of hydrogen-bond acceptors (Lipinski definition) is 4. The summed E-state index contributed by atoms with van der Waals surface area (Å²) in [7, 11) is 0. The van der Waals surface area contributed by atoms with Gasteiger partial charge in [-0.25, -0.2) is 13.6 Å². The average molecular weight is 236 g/mol. The smallest absolute Gasteiger partial charge is 0.330 e. The monoisotopic (exact) mass is 236 g/mol. The average Bonchev–Trinajstić information content (AvgIpc) is 2.38. The van der Waals surface area contributed by atoms with E-state index in [1.807, 2.05) is 0 Å². The molecule has 1 saturated heterocycles. The van der Waals surface area contributed by atoms with Crippen LogP contribution < -0.4 is 5.73 Å². The lowest BCUT2D eigenvalue weighted by Crippen LogP contribution is -2.33. The molecule has 0 saturated carbocycles. The van der Waals surface area contributed by atoms with Crippen LogP contribution in [0.2, 0.25) is 0 Å². The van der Waals surface area contributed by atoms with Gasteiger partial charge in [0, 0.05) is 13.1 Å². The first-order valence-corrected chi connectivity index (χ1v) is 5.22. The zero-order chi connectivity index (χ0) is 12.6. The number of carbonyl (C=O) groups excluding carboxylic acids is 1. The van der Waals surface area contributed by atoms with Crippen molar-refractivity contribution in [3.8, 4) is 0 Å². The summed E-state index contributed by atoms with van der Waals surface area (Å²) in [6.45, 7) is 4.32. The van der Waals surface area contributed by atoms with Crippen molar-refractivity contribution in [2.75, 3.05) is 19.6 Å². The molecule has 1 unspecified atom stereocenters. The van der Waals surface area contributed by atoms with Crippen LogP contribution in [-0.2, 0) is 9.63 Å². The minimum atomic E-state index is -2.88. The first-order chi connectivity index (χ1) is 7.16.